The van der Waals surface area contributed by atoms with Crippen LogP contribution >= 0.6 is 15.9 Å². The van der Waals surface area contributed by atoms with E-state index in [-0.39, 0.29) is 0 Å². The molecule has 19 heavy (non-hydrogen) atoms. The summed E-state index contributed by atoms with van der Waals surface area (Å²) in [5, 5.41) is 12.4. The van der Waals surface area contributed by atoms with E-state index in [2.05, 4.69) is 21.2 Å². The quantitative estimate of drug-likeness (QED) is 0.895. The van der Waals surface area contributed by atoms with E-state index in [1.165, 1.54) is 0 Å². The molecule has 0 heterocycles. The summed E-state index contributed by atoms with van der Waals surface area (Å²) in [4.78, 5) is 11.4. The van der Waals surface area contributed by atoms with Crippen LogP contribution in [-0.2, 0) is 4.79 Å². The molecule has 0 aliphatic rings. The second kappa shape index (κ2) is 5.89. The molecule has 0 spiro atoms. The van der Waals surface area contributed by atoms with E-state index < -0.39 is 12.0 Å². The average Bonchev–Trinajstić information content (AvgIpc) is 2.39. The lowest BCUT2D eigenvalue weighted by Crippen LogP contribution is -2.20. The Labute approximate surface area is 120 Å². The number of benzene rings is 2. The fraction of sp³-hybridized carbons (Fsp3) is 0.133. The Balaban J connectivity index is 2.29. The molecular weight excluding hydrogens is 306 g/mol. The maximum Gasteiger partial charge on any atom is 0.330 e. The van der Waals surface area contributed by atoms with E-state index in [0.29, 0.717) is 0 Å². The molecule has 2 aromatic carbocycles. The minimum atomic E-state index is -0.903. The molecule has 0 saturated carbocycles. The molecule has 2 rings (SSSR count). The fourth-order valence-electron chi connectivity index (χ4n) is 1.78. The zero-order valence-electron chi connectivity index (χ0n) is 10.4. The summed E-state index contributed by atoms with van der Waals surface area (Å²) in [7, 11) is 0. The summed E-state index contributed by atoms with van der Waals surface area (Å²) < 4.78 is 0.841. The molecule has 1 atom stereocenters. The molecule has 0 bridgehead atoms. The van der Waals surface area contributed by atoms with Gasteiger partial charge >= 0.3 is 5.97 Å². The minimum absolute atomic E-state index is 0.730. The van der Waals surface area contributed by atoms with Crippen molar-refractivity contribution < 1.29 is 9.90 Å². The lowest BCUT2D eigenvalue weighted by atomic mass is 10.0. The molecule has 0 aliphatic carbocycles. The number of carboxylic acid groups (broad SMARTS) is 1. The van der Waals surface area contributed by atoms with E-state index in [9.17, 15) is 9.90 Å². The van der Waals surface area contributed by atoms with Gasteiger partial charge in [0.25, 0.3) is 0 Å². The van der Waals surface area contributed by atoms with Crippen LogP contribution in [0, 0.1) is 6.92 Å². The number of carboxylic acids is 1. The second-order valence-electron chi connectivity index (χ2n) is 4.31. The van der Waals surface area contributed by atoms with Gasteiger partial charge in [-0.25, -0.2) is 4.79 Å². The fourth-order valence-corrected chi connectivity index (χ4v) is 2.18. The topological polar surface area (TPSA) is 49.3 Å². The highest BCUT2D eigenvalue weighted by molar-refractivity contribution is 9.10. The van der Waals surface area contributed by atoms with Crippen molar-refractivity contribution in [3.63, 3.8) is 0 Å². The van der Waals surface area contributed by atoms with Crippen molar-refractivity contribution in [2.75, 3.05) is 5.32 Å². The molecule has 0 aromatic heterocycles. The van der Waals surface area contributed by atoms with Crippen molar-refractivity contribution in [2.45, 2.75) is 13.0 Å². The van der Waals surface area contributed by atoms with Crippen molar-refractivity contribution in [3.8, 4) is 0 Å². The van der Waals surface area contributed by atoms with E-state index in [1.807, 2.05) is 55.5 Å². The van der Waals surface area contributed by atoms with Gasteiger partial charge in [0.1, 0.15) is 0 Å². The van der Waals surface area contributed by atoms with Crippen molar-refractivity contribution >= 4 is 27.6 Å². The van der Waals surface area contributed by atoms with Gasteiger partial charge in [-0.15, -0.1) is 0 Å². The third-order valence-corrected chi connectivity index (χ3v) is 3.52. The highest BCUT2D eigenvalue weighted by Gasteiger charge is 2.20. The highest BCUT2D eigenvalue weighted by atomic mass is 79.9. The third-order valence-electron chi connectivity index (χ3n) is 2.83. The Morgan fingerprint density at radius 3 is 2.37 bits per heavy atom. The van der Waals surface area contributed by atoms with Crippen LogP contribution in [0.2, 0.25) is 0 Å². The van der Waals surface area contributed by atoms with E-state index in [4.69, 9.17) is 0 Å². The SMILES string of the molecule is Cc1ccc(C(Nc2ccccc2Br)C(=O)O)cc1. The van der Waals surface area contributed by atoms with E-state index in [1.54, 1.807) is 0 Å². The number of hydrogen-bond donors (Lipinski definition) is 2. The van der Waals surface area contributed by atoms with Crippen molar-refractivity contribution in [1.29, 1.82) is 0 Å². The molecular formula is C15H14BrNO2. The number of anilines is 1. The van der Waals surface area contributed by atoms with Crippen LogP contribution in [0.3, 0.4) is 0 Å². The molecule has 1 unspecified atom stereocenters. The van der Waals surface area contributed by atoms with Crippen LogP contribution in [0.1, 0.15) is 17.2 Å². The Morgan fingerprint density at radius 2 is 1.79 bits per heavy atom. The van der Waals surface area contributed by atoms with Crippen molar-refractivity contribution in [1.82, 2.24) is 0 Å². The van der Waals surface area contributed by atoms with Gasteiger partial charge in [-0.05, 0) is 40.5 Å². The summed E-state index contributed by atoms with van der Waals surface area (Å²) in [5.74, 6) is -0.903. The lowest BCUT2D eigenvalue weighted by Gasteiger charge is -2.17. The number of aliphatic carboxylic acids is 1. The normalized spacial score (nSPS) is 11.9. The Kier molecular flexibility index (Phi) is 4.22. The predicted molar refractivity (Wildman–Crippen MR) is 79.3 cm³/mol. The maximum atomic E-state index is 11.4. The first-order valence-electron chi connectivity index (χ1n) is 5.88. The maximum absolute atomic E-state index is 11.4. The van der Waals surface area contributed by atoms with Gasteiger partial charge in [0, 0.05) is 10.2 Å². The zero-order chi connectivity index (χ0) is 13.8. The van der Waals surface area contributed by atoms with Gasteiger partial charge in [-0.2, -0.15) is 0 Å². The standard InChI is InChI=1S/C15H14BrNO2/c1-10-6-8-11(9-7-10)14(15(18)19)17-13-5-3-2-4-12(13)16/h2-9,14,17H,1H3,(H,18,19). The zero-order valence-corrected chi connectivity index (χ0v) is 12.0. The van der Waals surface area contributed by atoms with Crippen LogP contribution in [0.15, 0.2) is 53.0 Å². The Hall–Kier alpha value is -1.81. The minimum Gasteiger partial charge on any atom is -0.479 e. The Bertz CT molecular complexity index is 581. The van der Waals surface area contributed by atoms with E-state index >= 15 is 0 Å². The molecule has 2 aromatic rings. The van der Waals surface area contributed by atoms with Gasteiger partial charge in [0.2, 0.25) is 0 Å². The number of rotatable bonds is 4. The molecule has 4 heteroatoms. The molecule has 0 radical (unpaired) electrons. The van der Waals surface area contributed by atoms with Crippen LogP contribution in [0.25, 0.3) is 0 Å². The molecule has 0 saturated heterocycles. The Morgan fingerprint density at radius 1 is 1.16 bits per heavy atom. The average molecular weight is 320 g/mol. The first kappa shape index (κ1) is 13.6. The lowest BCUT2D eigenvalue weighted by molar-refractivity contribution is -0.138. The molecule has 0 amide bonds. The summed E-state index contributed by atoms with van der Waals surface area (Å²) >= 11 is 3.40. The second-order valence-corrected chi connectivity index (χ2v) is 5.16. The monoisotopic (exact) mass is 319 g/mol. The largest absolute Gasteiger partial charge is 0.479 e. The highest BCUT2D eigenvalue weighted by Crippen LogP contribution is 2.26. The molecule has 0 aliphatic heterocycles. The van der Waals surface area contributed by atoms with Crippen LogP contribution < -0.4 is 5.32 Å². The number of nitrogens with one attached hydrogen (secondary N) is 1. The summed E-state index contributed by atoms with van der Waals surface area (Å²) in [5.41, 5.74) is 2.60. The van der Waals surface area contributed by atoms with Crippen LogP contribution in [0.4, 0.5) is 5.69 Å². The third kappa shape index (κ3) is 3.35. The first-order chi connectivity index (χ1) is 9.08. The van der Waals surface area contributed by atoms with Crippen LogP contribution in [0.5, 0.6) is 0 Å². The molecule has 3 nitrogen and oxygen atoms in total. The predicted octanol–water partition coefficient (Wildman–Crippen LogP) is 4.00. The number of aryl methyl sites for hydroxylation is 1. The molecule has 98 valence electrons. The van der Waals surface area contributed by atoms with Gasteiger partial charge in [0.15, 0.2) is 6.04 Å². The van der Waals surface area contributed by atoms with Gasteiger partial charge in [-0.3, -0.25) is 0 Å². The smallest absolute Gasteiger partial charge is 0.330 e. The van der Waals surface area contributed by atoms with Crippen molar-refractivity contribution in [2.24, 2.45) is 0 Å². The molecule has 0 fully saturated rings. The number of carbonyl (C=O) groups is 1. The first-order valence-corrected chi connectivity index (χ1v) is 6.67. The summed E-state index contributed by atoms with van der Waals surface area (Å²) in [6.07, 6.45) is 0. The van der Waals surface area contributed by atoms with Gasteiger partial charge in [-0.1, -0.05) is 42.0 Å². The number of halogens is 1. The van der Waals surface area contributed by atoms with E-state index in [0.717, 1.165) is 21.3 Å². The van der Waals surface area contributed by atoms with Gasteiger partial charge in [0.05, 0.1) is 0 Å². The number of para-hydroxylation sites is 1. The van der Waals surface area contributed by atoms with Crippen molar-refractivity contribution in [3.05, 3.63) is 64.1 Å². The summed E-state index contributed by atoms with van der Waals surface area (Å²) in [6, 6.07) is 14.2. The van der Waals surface area contributed by atoms with Gasteiger partial charge < -0.3 is 10.4 Å². The summed E-state index contributed by atoms with van der Waals surface area (Å²) in [6.45, 7) is 1.97. The molecule has 2 N–H and O–H groups in total. The van der Waals surface area contributed by atoms with Crippen LogP contribution in [-0.4, -0.2) is 11.1 Å². The number of hydrogen-bond acceptors (Lipinski definition) is 2.